The smallest absolute Gasteiger partial charge is 0.264 e. The van der Waals surface area contributed by atoms with Crippen LogP contribution in [-0.2, 0) is 50.7 Å². The Hall–Kier alpha value is -7.75. The first kappa shape index (κ1) is 62.8. The van der Waals surface area contributed by atoms with Crippen molar-refractivity contribution in [3.63, 3.8) is 0 Å². The first-order chi connectivity index (χ1) is 43.3. The van der Waals surface area contributed by atoms with E-state index in [0.29, 0.717) is 112 Å². The number of hydrogen-bond donors (Lipinski definition) is 5. The van der Waals surface area contributed by atoms with E-state index in [0.717, 1.165) is 45.1 Å². The molecule has 1 fully saturated rings. The van der Waals surface area contributed by atoms with E-state index in [4.69, 9.17) is 18.9 Å². The standard InChI is InChI=1S/C70H84N8O10Si/c1-7-86-54-24-29-62-49(38-54)40-59(71-32-12-14-35-79)67(82)77(62)51-20-16-17-47(37-51)43-76-64-28-21-52(78-63-30-25-55(87-8-2)39-50(63)41-60(68(78)83)72-33-13-15-36-80)42-58(64)70(69(76)84)46(3)66(89(5,6)56-26-22-53(85-4)23-27-56)65(88-70)31-34-75-44-61(73-74-75)57(45-81)48-18-10-9-11-19-48/h9-11,16-30,37-39,42,44,46,57,59-60,65-66,71-72,79-81H,7-8,12-15,31-36,40-41,43,45H2,1-6H3/t46-,57?,59?,60?,65+,66-,70+/m1/s1. The number of ether oxygens (including phenoxy) is 4. The maximum Gasteiger partial charge on any atom is 0.264 e. The van der Waals surface area contributed by atoms with Gasteiger partial charge in [-0.25, -0.2) is 0 Å². The lowest BCUT2D eigenvalue weighted by atomic mass is 9.82. The summed E-state index contributed by atoms with van der Waals surface area (Å²) >= 11 is 0. The second-order valence-corrected chi connectivity index (χ2v) is 29.0. The number of carbonyl (C=O) groups is 3. The van der Waals surface area contributed by atoms with Crippen molar-refractivity contribution in [3.8, 4) is 17.2 Å². The van der Waals surface area contributed by atoms with Gasteiger partial charge in [0.25, 0.3) is 5.91 Å². The number of nitrogens with one attached hydrogen (secondary N) is 2. The van der Waals surface area contributed by atoms with Crippen LogP contribution in [0.3, 0.4) is 0 Å². The van der Waals surface area contributed by atoms with E-state index in [1.807, 2.05) is 151 Å². The highest BCUT2D eigenvalue weighted by Crippen LogP contribution is 2.61. The molecule has 19 heteroatoms. The molecule has 0 saturated carbocycles. The Morgan fingerprint density at radius 2 is 1.29 bits per heavy atom. The van der Waals surface area contributed by atoms with Crippen LogP contribution in [-0.4, -0.2) is 128 Å². The number of fused-ring (bicyclic) bond motifs is 4. The van der Waals surface area contributed by atoms with Gasteiger partial charge in [0.2, 0.25) is 11.8 Å². The fourth-order valence-corrected chi connectivity index (χ4v) is 18.2. The predicted octanol–water partition coefficient (Wildman–Crippen LogP) is 8.96. The van der Waals surface area contributed by atoms with Crippen LogP contribution < -0.4 is 44.7 Å². The minimum Gasteiger partial charge on any atom is -0.497 e. The maximum atomic E-state index is 16.6. The number of unbranched alkanes of at least 4 members (excludes halogenated alkanes) is 2. The minimum absolute atomic E-state index is 0.0579. The van der Waals surface area contributed by atoms with Crippen LogP contribution in [0.2, 0.25) is 18.6 Å². The lowest BCUT2D eigenvalue weighted by Gasteiger charge is -2.37. The monoisotopic (exact) mass is 1220 g/mol. The fraction of sp³-hybridized carbons (Fsp3) is 0.414. The van der Waals surface area contributed by atoms with Crippen molar-refractivity contribution in [2.45, 2.75) is 127 Å². The van der Waals surface area contributed by atoms with Crippen molar-refractivity contribution in [3.05, 3.63) is 173 Å². The number of aliphatic hydroxyl groups is 3. The van der Waals surface area contributed by atoms with Crippen molar-refractivity contribution in [1.82, 2.24) is 25.6 Å². The third kappa shape index (κ3) is 12.5. The number of rotatable bonds is 27. The minimum atomic E-state index is -2.68. The number of anilines is 5. The van der Waals surface area contributed by atoms with Crippen LogP contribution in [0.25, 0.3) is 0 Å². The van der Waals surface area contributed by atoms with Crippen molar-refractivity contribution in [2.75, 3.05) is 67.9 Å². The summed E-state index contributed by atoms with van der Waals surface area (Å²) in [5.74, 6) is 0.907. The Balaban J connectivity index is 1.02. The Kier molecular flexibility index (Phi) is 19.5. The number of benzene rings is 6. The molecule has 1 aromatic heterocycles. The number of carbonyl (C=O) groups excluding carboxylic acids is 3. The van der Waals surface area contributed by atoms with Gasteiger partial charge in [-0.1, -0.05) is 85.0 Å². The molecule has 6 aromatic carbocycles. The lowest BCUT2D eigenvalue weighted by molar-refractivity contribution is -0.146. The average molecular weight is 1230 g/mol. The average Bonchev–Trinajstić information content (AvgIpc) is 1.57. The van der Waals surface area contributed by atoms with Crippen LogP contribution in [0, 0.1) is 5.92 Å². The van der Waals surface area contributed by atoms with Crippen molar-refractivity contribution in [2.24, 2.45) is 5.92 Å². The van der Waals surface area contributed by atoms with Gasteiger partial charge in [0.1, 0.15) is 17.2 Å². The third-order valence-electron chi connectivity index (χ3n) is 18.6. The SMILES string of the molecule is CCOc1ccc2c(c1)CC(NCCCCO)C(=O)N2c1cccc(CN2C(=O)[C@@]3(O[C@@H](CCn4cc(C(CO)c5ccccc5)nn4)[C@H]([Si](C)(C)c4ccc(OC)cc4)[C@H]3C)c3cc(N4C(=O)C(NCCCCO)Cc5cc(OCC)ccc54)ccc32)c1. The van der Waals surface area contributed by atoms with Gasteiger partial charge in [0, 0.05) is 48.8 Å². The summed E-state index contributed by atoms with van der Waals surface area (Å²) in [5, 5.41) is 47.1. The van der Waals surface area contributed by atoms with E-state index in [2.05, 4.69) is 53.1 Å². The molecule has 5 N–H and O–H groups in total. The molecule has 468 valence electrons. The molecular weight excluding hydrogens is 1140 g/mol. The van der Waals surface area contributed by atoms with E-state index in [-0.39, 0.29) is 55.5 Å². The second-order valence-electron chi connectivity index (χ2n) is 24.3. The Morgan fingerprint density at radius 1 is 0.697 bits per heavy atom. The quantitative estimate of drug-likeness (QED) is 0.0240. The first-order valence-electron chi connectivity index (χ1n) is 31.6. The van der Waals surface area contributed by atoms with Crippen LogP contribution in [0.4, 0.5) is 28.4 Å². The summed E-state index contributed by atoms with van der Waals surface area (Å²) in [6.07, 6.45) is 5.42. The molecule has 89 heavy (non-hydrogen) atoms. The number of aryl methyl sites for hydroxylation is 1. The molecule has 11 rings (SSSR count). The number of hydrogen-bond acceptors (Lipinski definition) is 14. The highest BCUT2D eigenvalue weighted by atomic mass is 28.3. The number of nitrogens with zero attached hydrogens (tertiary/aromatic N) is 6. The van der Waals surface area contributed by atoms with Gasteiger partial charge < -0.3 is 49.8 Å². The number of methoxy groups -OCH3 is 1. The van der Waals surface area contributed by atoms with E-state index in [9.17, 15) is 20.1 Å². The highest BCUT2D eigenvalue weighted by Gasteiger charge is 2.66. The molecule has 3 amide bonds. The third-order valence-corrected chi connectivity index (χ3v) is 22.9. The molecule has 0 aliphatic carbocycles. The van der Waals surface area contributed by atoms with Crippen molar-refractivity contribution in [1.29, 1.82) is 0 Å². The summed E-state index contributed by atoms with van der Waals surface area (Å²) in [6, 6.07) is 42.3. The molecule has 0 bridgehead atoms. The zero-order valence-electron chi connectivity index (χ0n) is 51.9. The van der Waals surface area contributed by atoms with E-state index in [1.165, 1.54) is 5.19 Å². The second kappa shape index (κ2) is 27.6. The van der Waals surface area contributed by atoms with Gasteiger partial charge in [-0.2, -0.15) is 0 Å². The maximum absolute atomic E-state index is 16.6. The summed E-state index contributed by atoms with van der Waals surface area (Å²) in [5.41, 5.74) is 6.57. The van der Waals surface area contributed by atoms with Crippen molar-refractivity contribution >= 4 is 59.4 Å². The summed E-state index contributed by atoms with van der Waals surface area (Å²) in [6.45, 7) is 13.4. The normalized spacial score (nSPS) is 20.9. The summed E-state index contributed by atoms with van der Waals surface area (Å²) < 4.78 is 27.2. The van der Waals surface area contributed by atoms with Gasteiger partial charge in [-0.05, 0) is 179 Å². The molecule has 5 heterocycles. The van der Waals surface area contributed by atoms with Crippen molar-refractivity contribution < 1.29 is 48.7 Å². The molecule has 18 nitrogen and oxygen atoms in total. The Morgan fingerprint density at radius 3 is 1.88 bits per heavy atom. The first-order valence-corrected chi connectivity index (χ1v) is 34.7. The largest absolute Gasteiger partial charge is 0.497 e. The number of aliphatic hydroxyl groups excluding tert-OH is 3. The van der Waals surface area contributed by atoms with Crippen LogP contribution in [0.1, 0.15) is 92.3 Å². The molecule has 1 saturated heterocycles. The number of amides is 3. The molecule has 1 spiro atoms. The predicted molar refractivity (Wildman–Crippen MR) is 347 cm³/mol. The molecule has 7 aromatic rings. The Bertz CT molecular complexity index is 3620. The van der Waals surface area contributed by atoms with Gasteiger partial charge >= 0.3 is 0 Å². The van der Waals surface area contributed by atoms with Gasteiger partial charge in [0.15, 0.2) is 5.60 Å². The van der Waals surface area contributed by atoms with E-state index in [1.54, 1.807) is 16.9 Å². The Labute approximate surface area is 522 Å². The van der Waals surface area contributed by atoms with Gasteiger partial charge in [-0.15, -0.1) is 5.10 Å². The molecular formula is C70H84N8O10Si. The molecule has 7 atom stereocenters. The topological polar surface area (TPSA) is 213 Å². The lowest BCUT2D eigenvalue weighted by Crippen LogP contribution is -2.52. The summed E-state index contributed by atoms with van der Waals surface area (Å²) in [7, 11) is -1.01. The highest BCUT2D eigenvalue weighted by molar-refractivity contribution is 6.91. The number of aromatic nitrogens is 3. The zero-order valence-corrected chi connectivity index (χ0v) is 52.9. The van der Waals surface area contributed by atoms with Gasteiger partial charge in [0.05, 0.1) is 88.4 Å². The van der Waals surface area contributed by atoms with E-state index < -0.39 is 37.8 Å². The van der Waals surface area contributed by atoms with Crippen LogP contribution >= 0.6 is 0 Å². The molecule has 0 radical (unpaired) electrons. The summed E-state index contributed by atoms with van der Waals surface area (Å²) in [4.78, 5) is 52.0. The molecule has 4 aliphatic heterocycles. The van der Waals surface area contributed by atoms with Crippen LogP contribution in [0.5, 0.6) is 17.2 Å². The fourth-order valence-electron chi connectivity index (χ4n) is 14.2. The van der Waals surface area contributed by atoms with Gasteiger partial charge in [-0.3, -0.25) is 28.9 Å². The van der Waals surface area contributed by atoms with E-state index >= 15 is 9.59 Å². The van der Waals surface area contributed by atoms with Crippen LogP contribution in [0.15, 0.2) is 140 Å². The zero-order chi connectivity index (χ0) is 62.4. The molecule has 4 aliphatic rings. The molecule has 3 unspecified atom stereocenters.